The van der Waals surface area contributed by atoms with Gasteiger partial charge in [0, 0.05) is 17.1 Å². The molecule has 0 aliphatic rings. The molecule has 0 saturated heterocycles. The maximum absolute atomic E-state index is 4.47. The largest absolute Gasteiger partial charge is 0.378 e. The Labute approximate surface area is 117 Å². The Morgan fingerprint density at radius 1 is 1.10 bits per heavy atom. The smallest absolute Gasteiger partial charge is 0.252 e. The van der Waals surface area contributed by atoms with Gasteiger partial charge in [0.15, 0.2) is 5.82 Å². The summed E-state index contributed by atoms with van der Waals surface area (Å²) in [5.74, 6) is 1.40. The Kier molecular flexibility index (Phi) is 3.10. The van der Waals surface area contributed by atoms with Gasteiger partial charge < -0.3 is 5.32 Å². The van der Waals surface area contributed by atoms with Crippen molar-refractivity contribution in [2.75, 3.05) is 5.32 Å². The number of anilines is 1. The van der Waals surface area contributed by atoms with Crippen LogP contribution in [0.3, 0.4) is 0 Å². The first-order chi connectivity index (χ1) is 9.61. The van der Waals surface area contributed by atoms with Crippen molar-refractivity contribution in [3.8, 4) is 0 Å². The second-order valence-electron chi connectivity index (χ2n) is 5.00. The maximum atomic E-state index is 4.47. The molecule has 0 spiro atoms. The molecule has 1 aromatic carbocycles. The van der Waals surface area contributed by atoms with E-state index in [0.29, 0.717) is 12.3 Å². The van der Waals surface area contributed by atoms with Crippen LogP contribution in [0.2, 0.25) is 0 Å². The van der Waals surface area contributed by atoms with Crippen LogP contribution in [0.4, 0.5) is 5.69 Å². The lowest BCUT2D eigenvalue weighted by molar-refractivity contribution is 0.850. The molecule has 0 aliphatic carbocycles. The number of rotatable bonds is 3. The van der Waals surface area contributed by atoms with E-state index in [4.69, 9.17) is 0 Å². The first kappa shape index (κ1) is 12.6. The van der Waals surface area contributed by atoms with Crippen molar-refractivity contribution in [3.63, 3.8) is 0 Å². The number of nitrogens with one attached hydrogen (secondary N) is 1. The van der Waals surface area contributed by atoms with Crippen molar-refractivity contribution < 1.29 is 0 Å². The van der Waals surface area contributed by atoms with Crippen molar-refractivity contribution >= 4 is 11.5 Å². The molecular formula is C15H17N5. The molecule has 0 fully saturated rings. The third-order valence-electron chi connectivity index (χ3n) is 3.13. The highest BCUT2D eigenvalue weighted by Gasteiger charge is 2.07. The predicted octanol–water partition coefficient (Wildman–Crippen LogP) is 2.66. The minimum atomic E-state index is 0.589. The van der Waals surface area contributed by atoms with Gasteiger partial charge in [0.25, 0.3) is 5.78 Å². The molecular weight excluding hydrogens is 250 g/mol. The first-order valence-electron chi connectivity index (χ1n) is 6.62. The zero-order valence-electron chi connectivity index (χ0n) is 11.9. The normalized spacial score (nSPS) is 10.9. The Hall–Kier alpha value is -2.43. The van der Waals surface area contributed by atoms with Crippen molar-refractivity contribution in [2.45, 2.75) is 27.3 Å². The standard InChI is InChI=1S/C15H17N5/c1-10-5-4-6-13(7-10)16-9-14-18-15-17-11(2)8-12(3)20(15)19-14/h4-8,16H,9H2,1-3H3. The molecule has 0 atom stereocenters. The molecule has 102 valence electrons. The van der Waals surface area contributed by atoms with Gasteiger partial charge in [-0.25, -0.2) is 9.50 Å². The summed E-state index contributed by atoms with van der Waals surface area (Å²) in [4.78, 5) is 8.84. The van der Waals surface area contributed by atoms with E-state index in [0.717, 1.165) is 22.9 Å². The van der Waals surface area contributed by atoms with Gasteiger partial charge in [-0.1, -0.05) is 12.1 Å². The number of hydrogen-bond acceptors (Lipinski definition) is 4. The van der Waals surface area contributed by atoms with Crippen LogP contribution in [0.5, 0.6) is 0 Å². The van der Waals surface area contributed by atoms with Gasteiger partial charge >= 0.3 is 0 Å². The van der Waals surface area contributed by atoms with Crippen LogP contribution < -0.4 is 5.32 Å². The van der Waals surface area contributed by atoms with Gasteiger partial charge in [-0.15, -0.1) is 5.10 Å². The molecule has 2 heterocycles. The number of benzene rings is 1. The predicted molar refractivity (Wildman–Crippen MR) is 78.8 cm³/mol. The molecule has 0 bridgehead atoms. The van der Waals surface area contributed by atoms with E-state index in [1.807, 2.05) is 32.0 Å². The molecule has 3 aromatic rings. The summed E-state index contributed by atoms with van der Waals surface area (Å²) in [6.07, 6.45) is 0. The molecule has 3 rings (SSSR count). The lowest BCUT2D eigenvalue weighted by atomic mass is 10.2. The summed E-state index contributed by atoms with van der Waals surface area (Å²) in [5.41, 5.74) is 4.30. The van der Waals surface area contributed by atoms with Gasteiger partial charge in [0.1, 0.15) is 0 Å². The highest BCUT2D eigenvalue weighted by atomic mass is 15.3. The Morgan fingerprint density at radius 2 is 1.95 bits per heavy atom. The number of aromatic nitrogens is 4. The summed E-state index contributed by atoms with van der Waals surface area (Å²) in [6, 6.07) is 10.2. The second kappa shape index (κ2) is 4.92. The molecule has 20 heavy (non-hydrogen) atoms. The van der Waals surface area contributed by atoms with Crippen molar-refractivity contribution in [1.29, 1.82) is 0 Å². The van der Waals surface area contributed by atoms with Gasteiger partial charge in [-0.2, -0.15) is 4.98 Å². The second-order valence-corrected chi connectivity index (χ2v) is 5.00. The van der Waals surface area contributed by atoms with Gasteiger partial charge in [0.05, 0.1) is 6.54 Å². The highest BCUT2D eigenvalue weighted by molar-refractivity contribution is 5.45. The molecule has 1 N–H and O–H groups in total. The Balaban J connectivity index is 1.83. The zero-order chi connectivity index (χ0) is 14.1. The van der Waals surface area contributed by atoms with Crippen LogP contribution in [0, 0.1) is 20.8 Å². The van der Waals surface area contributed by atoms with Gasteiger partial charge in [-0.05, 0) is 44.5 Å². The fraction of sp³-hybridized carbons (Fsp3) is 0.267. The number of aryl methyl sites for hydroxylation is 3. The first-order valence-corrected chi connectivity index (χ1v) is 6.62. The number of fused-ring (bicyclic) bond motifs is 1. The molecule has 2 aromatic heterocycles. The van der Waals surface area contributed by atoms with Crippen LogP contribution in [0.1, 0.15) is 22.8 Å². The third-order valence-corrected chi connectivity index (χ3v) is 3.13. The SMILES string of the molecule is Cc1cccc(NCc2nc3nc(C)cc(C)n3n2)c1. The van der Waals surface area contributed by atoms with E-state index in [1.54, 1.807) is 4.52 Å². The monoisotopic (exact) mass is 267 g/mol. The van der Waals surface area contributed by atoms with Crippen molar-refractivity contribution in [1.82, 2.24) is 19.6 Å². The Morgan fingerprint density at radius 3 is 2.75 bits per heavy atom. The van der Waals surface area contributed by atoms with Crippen molar-refractivity contribution in [3.05, 3.63) is 53.1 Å². The third kappa shape index (κ3) is 2.47. The van der Waals surface area contributed by atoms with Crippen LogP contribution >= 0.6 is 0 Å². The topological polar surface area (TPSA) is 55.1 Å². The molecule has 5 heteroatoms. The van der Waals surface area contributed by atoms with Crippen molar-refractivity contribution in [2.24, 2.45) is 0 Å². The van der Waals surface area contributed by atoms with Crippen LogP contribution in [0.15, 0.2) is 30.3 Å². The summed E-state index contributed by atoms with van der Waals surface area (Å²) < 4.78 is 1.78. The maximum Gasteiger partial charge on any atom is 0.252 e. The minimum Gasteiger partial charge on any atom is -0.378 e. The van der Waals surface area contributed by atoms with Crippen LogP contribution in [-0.2, 0) is 6.54 Å². The summed E-state index contributed by atoms with van der Waals surface area (Å²) >= 11 is 0. The minimum absolute atomic E-state index is 0.589. The summed E-state index contributed by atoms with van der Waals surface area (Å²) in [6.45, 7) is 6.64. The zero-order valence-corrected chi connectivity index (χ0v) is 11.9. The highest BCUT2D eigenvalue weighted by Crippen LogP contribution is 2.11. The van der Waals surface area contributed by atoms with E-state index in [2.05, 4.69) is 39.4 Å². The Bertz CT molecular complexity index is 760. The summed E-state index contributed by atoms with van der Waals surface area (Å²) in [7, 11) is 0. The van der Waals surface area contributed by atoms with E-state index in [9.17, 15) is 0 Å². The lowest BCUT2D eigenvalue weighted by Gasteiger charge is -2.03. The van der Waals surface area contributed by atoms with E-state index in [1.165, 1.54) is 5.56 Å². The van der Waals surface area contributed by atoms with Gasteiger partial charge in [0.2, 0.25) is 0 Å². The quantitative estimate of drug-likeness (QED) is 0.792. The van der Waals surface area contributed by atoms with Crippen LogP contribution in [0.25, 0.3) is 5.78 Å². The molecule has 5 nitrogen and oxygen atoms in total. The average Bonchev–Trinajstić information content (AvgIpc) is 2.80. The summed E-state index contributed by atoms with van der Waals surface area (Å²) in [5, 5.41) is 7.80. The molecule has 0 amide bonds. The van der Waals surface area contributed by atoms with Crippen LogP contribution in [-0.4, -0.2) is 19.6 Å². The number of nitrogens with zero attached hydrogens (tertiary/aromatic N) is 4. The van der Waals surface area contributed by atoms with Gasteiger partial charge in [-0.3, -0.25) is 0 Å². The fourth-order valence-electron chi connectivity index (χ4n) is 2.22. The lowest BCUT2D eigenvalue weighted by Crippen LogP contribution is -2.02. The molecule has 0 radical (unpaired) electrons. The average molecular weight is 267 g/mol. The van der Waals surface area contributed by atoms with E-state index in [-0.39, 0.29) is 0 Å². The molecule has 0 unspecified atom stereocenters. The number of hydrogen-bond donors (Lipinski definition) is 1. The molecule has 0 aliphatic heterocycles. The van der Waals surface area contributed by atoms with E-state index < -0.39 is 0 Å². The fourth-order valence-corrected chi connectivity index (χ4v) is 2.22. The molecule has 0 saturated carbocycles. The van der Waals surface area contributed by atoms with E-state index >= 15 is 0 Å².